The largest absolute Gasteiger partial charge is 0.497 e. The van der Waals surface area contributed by atoms with E-state index in [0.717, 1.165) is 5.69 Å². The van der Waals surface area contributed by atoms with Crippen molar-refractivity contribution in [3.8, 4) is 11.5 Å². The van der Waals surface area contributed by atoms with E-state index in [9.17, 15) is 4.79 Å². The van der Waals surface area contributed by atoms with Gasteiger partial charge in [0.25, 0.3) is 0 Å². The number of thioether (sulfide) groups is 1. The molecule has 0 aliphatic carbocycles. The summed E-state index contributed by atoms with van der Waals surface area (Å²) in [5.74, 6) is 1.61. The Hall–Kier alpha value is -2.47. The predicted molar refractivity (Wildman–Crippen MR) is 93.0 cm³/mol. The van der Waals surface area contributed by atoms with Crippen molar-refractivity contribution in [2.45, 2.75) is 0 Å². The Kier molecular flexibility index (Phi) is 4.52. The number of hydrogen-bond donors (Lipinski definition) is 0. The number of carbonyl (C=O) groups is 1. The summed E-state index contributed by atoms with van der Waals surface area (Å²) in [6.07, 6.45) is 0. The van der Waals surface area contributed by atoms with Crippen molar-refractivity contribution in [3.05, 3.63) is 48.5 Å². The molecule has 0 unspecified atom stereocenters. The molecule has 118 valence electrons. The molecule has 2 aromatic rings. The Morgan fingerprint density at radius 1 is 1.04 bits per heavy atom. The van der Waals surface area contributed by atoms with E-state index in [0.29, 0.717) is 28.1 Å². The molecule has 6 heteroatoms. The molecule has 3 rings (SSSR count). The number of amidine groups is 1. The van der Waals surface area contributed by atoms with Crippen molar-refractivity contribution in [2.75, 3.05) is 24.9 Å². The molecule has 1 aliphatic rings. The molecule has 1 heterocycles. The van der Waals surface area contributed by atoms with Gasteiger partial charge in [-0.1, -0.05) is 30.0 Å². The second-order valence-electron chi connectivity index (χ2n) is 4.82. The fourth-order valence-corrected chi connectivity index (χ4v) is 3.12. The second kappa shape index (κ2) is 6.75. The van der Waals surface area contributed by atoms with Gasteiger partial charge in [-0.05, 0) is 12.1 Å². The third kappa shape index (κ3) is 3.32. The third-order valence-corrected chi connectivity index (χ3v) is 4.26. The number of methoxy groups -OCH3 is 2. The number of anilines is 1. The van der Waals surface area contributed by atoms with Gasteiger partial charge in [-0.3, -0.25) is 9.69 Å². The maximum absolute atomic E-state index is 12.3. The van der Waals surface area contributed by atoms with E-state index < -0.39 is 0 Å². The van der Waals surface area contributed by atoms with Gasteiger partial charge in [0, 0.05) is 18.2 Å². The van der Waals surface area contributed by atoms with Gasteiger partial charge in [-0.2, -0.15) is 0 Å². The number of hydrogen-bond acceptors (Lipinski definition) is 5. The van der Waals surface area contributed by atoms with E-state index in [1.807, 2.05) is 30.3 Å². The van der Waals surface area contributed by atoms with E-state index in [1.54, 1.807) is 37.3 Å². The van der Waals surface area contributed by atoms with Crippen LogP contribution in [0.1, 0.15) is 0 Å². The second-order valence-corrected chi connectivity index (χ2v) is 5.76. The van der Waals surface area contributed by atoms with Crippen LogP contribution in [-0.4, -0.2) is 31.0 Å². The molecule has 0 bridgehead atoms. The van der Waals surface area contributed by atoms with Crippen LogP contribution < -0.4 is 14.4 Å². The van der Waals surface area contributed by atoms with Crippen molar-refractivity contribution >= 4 is 34.2 Å². The van der Waals surface area contributed by atoms with Crippen LogP contribution in [0.5, 0.6) is 11.5 Å². The summed E-state index contributed by atoms with van der Waals surface area (Å²) in [6, 6.07) is 14.9. The van der Waals surface area contributed by atoms with Gasteiger partial charge in [0.2, 0.25) is 5.91 Å². The Labute approximate surface area is 138 Å². The van der Waals surface area contributed by atoms with Gasteiger partial charge in [-0.15, -0.1) is 0 Å². The predicted octanol–water partition coefficient (Wildman–Crippen LogP) is 3.47. The van der Waals surface area contributed by atoms with E-state index in [4.69, 9.17) is 9.47 Å². The normalized spacial score (nSPS) is 16.0. The summed E-state index contributed by atoms with van der Waals surface area (Å²) in [5, 5.41) is 0.650. The fraction of sp³-hybridized carbons (Fsp3) is 0.176. The Balaban J connectivity index is 2.02. The molecule has 2 aromatic carbocycles. The number of benzene rings is 2. The van der Waals surface area contributed by atoms with Crippen molar-refractivity contribution in [1.82, 2.24) is 0 Å². The molecule has 0 spiro atoms. The smallest absolute Gasteiger partial charge is 0.243 e. The number of ether oxygens (including phenoxy) is 2. The number of para-hydroxylation sites is 1. The Morgan fingerprint density at radius 3 is 2.30 bits per heavy atom. The lowest BCUT2D eigenvalue weighted by molar-refractivity contribution is -0.115. The molecule has 0 aromatic heterocycles. The van der Waals surface area contributed by atoms with E-state index in [2.05, 4.69) is 4.99 Å². The van der Waals surface area contributed by atoms with Gasteiger partial charge in [0.05, 0.1) is 31.3 Å². The van der Waals surface area contributed by atoms with Gasteiger partial charge >= 0.3 is 0 Å². The number of aliphatic imine (C=N–C) groups is 1. The van der Waals surface area contributed by atoms with Crippen LogP contribution in [0.15, 0.2) is 53.5 Å². The highest BCUT2D eigenvalue weighted by Crippen LogP contribution is 2.34. The Morgan fingerprint density at radius 2 is 1.70 bits per heavy atom. The first-order valence-electron chi connectivity index (χ1n) is 7.04. The molecule has 0 atom stereocenters. The summed E-state index contributed by atoms with van der Waals surface area (Å²) in [6.45, 7) is 0. The van der Waals surface area contributed by atoms with Crippen molar-refractivity contribution < 1.29 is 14.3 Å². The zero-order valence-electron chi connectivity index (χ0n) is 12.9. The standard InChI is InChI=1S/C17H16N2O3S/c1-21-14-8-13(9-15(10-14)22-2)19-16(20)11-23-17(19)18-12-6-4-3-5-7-12/h3-10H,11H2,1-2H3. The van der Waals surface area contributed by atoms with Gasteiger partial charge in [-0.25, -0.2) is 4.99 Å². The van der Waals surface area contributed by atoms with Crippen LogP contribution in [0.25, 0.3) is 0 Å². The van der Waals surface area contributed by atoms with Crippen LogP contribution >= 0.6 is 11.8 Å². The van der Waals surface area contributed by atoms with E-state index in [1.165, 1.54) is 11.8 Å². The molecule has 0 N–H and O–H groups in total. The summed E-state index contributed by atoms with van der Waals surface area (Å²) in [7, 11) is 3.16. The molecular weight excluding hydrogens is 312 g/mol. The third-order valence-electron chi connectivity index (χ3n) is 3.34. The molecule has 1 aliphatic heterocycles. The maximum Gasteiger partial charge on any atom is 0.243 e. The quantitative estimate of drug-likeness (QED) is 0.862. The minimum atomic E-state index is -0.0139. The first kappa shape index (κ1) is 15.4. The first-order valence-corrected chi connectivity index (χ1v) is 8.02. The number of nitrogens with zero attached hydrogens (tertiary/aromatic N) is 2. The molecular formula is C17H16N2O3S. The molecule has 5 nitrogen and oxygen atoms in total. The van der Waals surface area contributed by atoms with E-state index in [-0.39, 0.29) is 5.91 Å². The lowest BCUT2D eigenvalue weighted by Crippen LogP contribution is -2.29. The SMILES string of the molecule is COc1cc(OC)cc(N2C(=O)CSC2=Nc2ccccc2)c1. The molecule has 1 amide bonds. The summed E-state index contributed by atoms with van der Waals surface area (Å²) in [4.78, 5) is 18.5. The maximum atomic E-state index is 12.3. The number of amides is 1. The first-order chi connectivity index (χ1) is 11.2. The topological polar surface area (TPSA) is 51.1 Å². The molecule has 1 fully saturated rings. The van der Waals surface area contributed by atoms with Crippen LogP contribution in [0.2, 0.25) is 0 Å². The highest BCUT2D eigenvalue weighted by Gasteiger charge is 2.30. The summed E-state index contributed by atoms with van der Waals surface area (Å²) >= 11 is 1.42. The zero-order valence-corrected chi connectivity index (χ0v) is 13.7. The van der Waals surface area contributed by atoms with Gasteiger partial charge < -0.3 is 9.47 Å². The molecule has 23 heavy (non-hydrogen) atoms. The lowest BCUT2D eigenvalue weighted by Gasteiger charge is -2.18. The Bertz CT molecular complexity index is 725. The van der Waals surface area contributed by atoms with Crippen molar-refractivity contribution in [1.29, 1.82) is 0 Å². The highest BCUT2D eigenvalue weighted by molar-refractivity contribution is 8.15. The van der Waals surface area contributed by atoms with Crippen molar-refractivity contribution in [3.63, 3.8) is 0 Å². The summed E-state index contributed by atoms with van der Waals surface area (Å²) in [5.41, 5.74) is 1.50. The minimum absolute atomic E-state index is 0.0139. The average molecular weight is 328 g/mol. The monoisotopic (exact) mass is 328 g/mol. The lowest BCUT2D eigenvalue weighted by atomic mass is 10.2. The van der Waals surface area contributed by atoms with Crippen LogP contribution in [0.3, 0.4) is 0 Å². The van der Waals surface area contributed by atoms with E-state index >= 15 is 0 Å². The zero-order chi connectivity index (χ0) is 16.2. The fourth-order valence-electron chi connectivity index (χ4n) is 2.23. The molecule has 1 saturated heterocycles. The average Bonchev–Trinajstić information content (AvgIpc) is 2.95. The van der Waals surface area contributed by atoms with Gasteiger partial charge in [0.15, 0.2) is 5.17 Å². The van der Waals surface area contributed by atoms with Gasteiger partial charge in [0.1, 0.15) is 11.5 Å². The van der Waals surface area contributed by atoms with Crippen molar-refractivity contribution in [2.24, 2.45) is 4.99 Å². The summed E-state index contributed by atoms with van der Waals surface area (Å²) < 4.78 is 10.6. The molecule has 0 radical (unpaired) electrons. The van der Waals surface area contributed by atoms with Crippen LogP contribution in [0, 0.1) is 0 Å². The number of rotatable bonds is 4. The molecule has 0 saturated carbocycles. The van der Waals surface area contributed by atoms with Crippen LogP contribution in [-0.2, 0) is 4.79 Å². The highest BCUT2D eigenvalue weighted by atomic mass is 32.2. The minimum Gasteiger partial charge on any atom is -0.497 e. The number of carbonyl (C=O) groups excluding carboxylic acids is 1. The van der Waals surface area contributed by atoms with Crippen LogP contribution in [0.4, 0.5) is 11.4 Å².